The van der Waals surface area contributed by atoms with Gasteiger partial charge < -0.3 is 9.47 Å². The number of ether oxygens (including phenoxy) is 2. The Kier molecular flexibility index (Phi) is 8.28. The summed E-state index contributed by atoms with van der Waals surface area (Å²) in [5.74, 6) is 0.763. The Morgan fingerprint density at radius 1 is 1.03 bits per heavy atom. The lowest BCUT2D eigenvalue weighted by molar-refractivity contribution is -0.129. The number of cyclic esters (lactones) is 1. The topological polar surface area (TPSA) is 47.9 Å². The number of benzene rings is 2. The largest absolute Gasteiger partial charge is 0.494 e. The number of hydrogen-bond donors (Lipinski definition) is 0. The molecule has 0 radical (unpaired) electrons. The van der Waals surface area contributed by atoms with Crippen molar-refractivity contribution in [3.63, 3.8) is 0 Å². The number of carbonyl (C=O) groups is 1. The zero-order valence-electron chi connectivity index (χ0n) is 16.7. The number of carbonyl (C=O) groups excluding carboxylic acids is 1. The molecule has 0 spiro atoms. The molecule has 0 aliphatic carbocycles. The van der Waals surface area contributed by atoms with E-state index in [0.717, 1.165) is 33.5 Å². The Labute approximate surface area is 186 Å². The summed E-state index contributed by atoms with van der Waals surface area (Å²) in [6, 6.07) is 15.4. The third-order valence-electron chi connectivity index (χ3n) is 4.64. The maximum Gasteiger partial charge on any atom is 0.363 e. The molecular formula is C24H26INO3. The first-order valence-corrected chi connectivity index (χ1v) is 11.2. The van der Waals surface area contributed by atoms with E-state index in [1.807, 2.05) is 48.5 Å². The lowest BCUT2D eigenvalue weighted by atomic mass is 10.1. The minimum absolute atomic E-state index is 0.305. The third-order valence-corrected chi connectivity index (χ3v) is 5.31. The van der Waals surface area contributed by atoms with Crippen molar-refractivity contribution in [2.45, 2.75) is 45.4 Å². The highest BCUT2D eigenvalue weighted by Gasteiger charge is 2.24. The molecular weight excluding hydrogens is 477 g/mol. The lowest BCUT2D eigenvalue weighted by Gasteiger charge is -2.06. The van der Waals surface area contributed by atoms with Crippen LogP contribution >= 0.6 is 22.6 Å². The fraction of sp³-hybridized carbons (Fsp3) is 0.333. The van der Waals surface area contributed by atoms with Crippen molar-refractivity contribution in [1.82, 2.24) is 0 Å². The first kappa shape index (κ1) is 21.6. The van der Waals surface area contributed by atoms with Gasteiger partial charge in [0.2, 0.25) is 5.90 Å². The molecule has 2 aromatic rings. The second-order valence-electron chi connectivity index (χ2n) is 7.03. The van der Waals surface area contributed by atoms with Crippen LogP contribution in [-0.2, 0) is 9.53 Å². The lowest BCUT2D eigenvalue weighted by Crippen LogP contribution is -2.05. The first-order valence-electron chi connectivity index (χ1n) is 10.2. The van der Waals surface area contributed by atoms with E-state index in [-0.39, 0.29) is 0 Å². The molecule has 0 unspecified atom stereocenters. The van der Waals surface area contributed by atoms with Crippen molar-refractivity contribution in [3.05, 3.63) is 68.9 Å². The molecule has 1 aliphatic heterocycles. The quantitative estimate of drug-likeness (QED) is 0.164. The van der Waals surface area contributed by atoms with E-state index in [4.69, 9.17) is 9.47 Å². The van der Waals surface area contributed by atoms with E-state index in [9.17, 15) is 4.79 Å². The first-order chi connectivity index (χ1) is 14.2. The molecule has 0 amide bonds. The minimum atomic E-state index is -0.428. The average Bonchev–Trinajstić information content (AvgIpc) is 3.09. The second-order valence-corrected chi connectivity index (χ2v) is 8.28. The predicted molar refractivity (Wildman–Crippen MR) is 125 cm³/mol. The maximum atomic E-state index is 12.2. The predicted octanol–water partition coefficient (Wildman–Crippen LogP) is 6.38. The van der Waals surface area contributed by atoms with E-state index in [1.165, 1.54) is 32.1 Å². The number of hydrogen-bond acceptors (Lipinski definition) is 4. The number of aliphatic imine (C=N–C) groups is 1. The fourth-order valence-corrected chi connectivity index (χ4v) is 3.59. The molecule has 2 aromatic carbocycles. The van der Waals surface area contributed by atoms with E-state index in [1.54, 1.807) is 6.08 Å². The Bertz CT molecular complexity index is 887. The highest BCUT2D eigenvalue weighted by molar-refractivity contribution is 14.1. The van der Waals surface area contributed by atoms with Crippen molar-refractivity contribution >= 4 is 40.5 Å². The van der Waals surface area contributed by atoms with E-state index in [0.29, 0.717) is 11.6 Å². The molecule has 5 heteroatoms. The van der Waals surface area contributed by atoms with Gasteiger partial charge in [-0.05, 0) is 71.0 Å². The standard InChI is InChI=1S/C24H26INO3/c1-2-3-4-5-6-7-15-28-21-13-11-18(12-14-21)16-22-24(27)29-23(26-22)19-9-8-10-20(25)17-19/h8-14,16-17H,2-7,15H2,1H3. The second kappa shape index (κ2) is 11.1. The molecule has 0 saturated heterocycles. The number of esters is 1. The van der Waals surface area contributed by atoms with Crippen LogP contribution in [0.5, 0.6) is 5.75 Å². The van der Waals surface area contributed by atoms with Crippen molar-refractivity contribution < 1.29 is 14.3 Å². The summed E-state index contributed by atoms with van der Waals surface area (Å²) in [6.07, 6.45) is 9.22. The summed E-state index contributed by atoms with van der Waals surface area (Å²) in [7, 11) is 0. The highest BCUT2D eigenvalue weighted by atomic mass is 127. The van der Waals surface area contributed by atoms with Gasteiger partial charge in [0.15, 0.2) is 5.70 Å². The SMILES string of the molecule is CCCCCCCCOc1ccc(C=C2N=C(c3cccc(I)c3)OC2=O)cc1. The number of unbranched alkanes of at least 4 members (excludes halogenated alkanes) is 5. The molecule has 29 heavy (non-hydrogen) atoms. The monoisotopic (exact) mass is 503 g/mol. The molecule has 0 aromatic heterocycles. The van der Waals surface area contributed by atoms with Gasteiger partial charge in [-0.2, -0.15) is 0 Å². The van der Waals surface area contributed by atoms with Crippen molar-refractivity contribution in [3.8, 4) is 5.75 Å². The van der Waals surface area contributed by atoms with Gasteiger partial charge in [0.1, 0.15) is 5.75 Å². The smallest absolute Gasteiger partial charge is 0.363 e. The van der Waals surface area contributed by atoms with Gasteiger partial charge in [0.05, 0.1) is 6.61 Å². The molecule has 0 saturated carbocycles. The minimum Gasteiger partial charge on any atom is -0.494 e. The Morgan fingerprint density at radius 2 is 1.79 bits per heavy atom. The van der Waals surface area contributed by atoms with Gasteiger partial charge in [-0.25, -0.2) is 9.79 Å². The van der Waals surface area contributed by atoms with Gasteiger partial charge in [-0.3, -0.25) is 0 Å². The van der Waals surface area contributed by atoms with Gasteiger partial charge in [-0.1, -0.05) is 57.2 Å². The van der Waals surface area contributed by atoms with Crippen molar-refractivity contribution in [2.24, 2.45) is 4.99 Å². The molecule has 0 N–H and O–H groups in total. The molecule has 0 fully saturated rings. The molecule has 0 bridgehead atoms. The molecule has 1 aliphatic rings. The van der Waals surface area contributed by atoms with Crippen LogP contribution in [0.15, 0.2) is 59.2 Å². The van der Waals surface area contributed by atoms with Gasteiger partial charge in [-0.15, -0.1) is 0 Å². The van der Waals surface area contributed by atoms with Gasteiger partial charge in [0, 0.05) is 9.13 Å². The normalized spacial score (nSPS) is 14.8. The zero-order chi connectivity index (χ0) is 20.5. The van der Waals surface area contributed by atoms with E-state index >= 15 is 0 Å². The van der Waals surface area contributed by atoms with Crippen molar-refractivity contribution in [2.75, 3.05) is 6.61 Å². The summed E-state index contributed by atoms with van der Waals surface area (Å²) in [5, 5.41) is 0. The number of rotatable bonds is 10. The number of nitrogens with zero attached hydrogens (tertiary/aromatic N) is 1. The zero-order valence-corrected chi connectivity index (χ0v) is 18.9. The molecule has 3 rings (SSSR count). The third kappa shape index (κ3) is 6.70. The Morgan fingerprint density at radius 3 is 2.55 bits per heavy atom. The molecule has 1 heterocycles. The van der Waals surface area contributed by atoms with Crippen LogP contribution in [0.2, 0.25) is 0 Å². The van der Waals surface area contributed by atoms with Gasteiger partial charge >= 0.3 is 5.97 Å². The number of halogens is 1. The Balaban J connectivity index is 1.54. The highest BCUT2D eigenvalue weighted by Crippen LogP contribution is 2.21. The van der Waals surface area contributed by atoms with Crippen LogP contribution < -0.4 is 4.74 Å². The molecule has 0 atom stereocenters. The molecule has 4 nitrogen and oxygen atoms in total. The van der Waals surface area contributed by atoms with Crippen LogP contribution in [0, 0.1) is 3.57 Å². The van der Waals surface area contributed by atoms with Crippen LogP contribution in [0.1, 0.15) is 56.6 Å². The van der Waals surface area contributed by atoms with Crippen LogP contribution in [0.3, 0.4) is 0 Å². The van der Waals surface area contributed by atoms with Crippen LogP contribution in [-0.4, -0.2) is 18.5 Å². The summed E-state index contributed by atoms with van der Waals surface area (Å²) in [6.45, 7) is 2.97. The summed E-state index contributed by atoms with van der Waals surface area (Å²) in [5.41, 5.74) is 1.99. The summed E-state index contributed by atoms with van der Waals surface area (Å²) < 4.78 is 12.2. The Hall–Kier alpha value is -2.15. The summed E-state index contributed by atoms with van der Waals surface area (Å²) >= 11 is 2.22. The van der Waals surface area contributed by atoms with Crippen LogP contribution in [0.4, 0.5) is 0 Å². The summed E-state index contributed by atoms with van der Waals surface area (Å²) in [4.78, 5) is 16.5. The maximum absolute atomic E-state index is 12.2. The van der Waals surface area contributed by atoms with E-state index in [2.05, 4.69) is 34.5 Å². The molecule has 152 valence electrons. The van der Waals surface area contributed by atoms with Crippen molar-refractivity contribution in [1.29, 1.82) is 0 Å². The van der Waals surface area contributed by atoms with Crippen LogP contribution in [0.25, 0.3) is 6.08 Å². The van der Waals surface area contributed by atoms with E-state index < -0.39 is 5.97 Å². The fourth-order valence-electron chi connectivity index (χ4n) is 3.04. The average molecular weight is 503 g/mol. The van der Waals surface area contributed by atoms with Gasteiger partial charge in [0.25, 0.3) is 0 Å².